The number of rotatable bonds is 7. The van der Waals surface area contributed by atoms with E-state index in [1.54, 1.807) is 6.07 Å². The first-order valence-electron chi connectivity index (χ1n) is 10.1. The highest BCUT2D eigenvalue weighted by Gasteiger charge is 2.24. The van der Waals surface area contributed by atoms with Crippen molar-refractivity contribution < 1.29 is 18.3 Å². The zero-order chi connectivity index (χ0) is 21.4. The zero-order valence-electron chi connectivity index (χ0n) is 16.5. The van der Waals surface area contributed by atoms with Crippen LogP contribution < -0.4 is 20.1 Å². The molecule has 0 amide bonds. The molecule has 2 fully saturated rings. The zero-order valence-corrected chi connectivity index (χ0v) is 17.3. The average Bonchev–Trinajstić information content (AvgIpc) is 3.45. The van der Waals surface area contributed by atoms with Crippen LogP contribution in [0.4, 0.5) is 20.3 Å². The second-order valence-electron chi connectivity index (χ2n) is 7.72. The predicted octanol–water partition coefficient (Wildman–Crippen LogP) is 4.23. The van der Waals surface area contributed by atoms with Gasteiger partial charge in [0, 0.05) is 12.6 Å². The number of anilines is 2. The second-order valence-corrected chi connectivity index (χ2v) is 8.09. The minimum absolute atomic E-state index is 0.0948. The van der Waals surface area contributed by atoms with E-state index in [-0.39, 0.29) is 39.5 Å². The number of nitrogens with one attached hydrogen (secondary N) is 2. The molecule has 1 saturated heterocycles. The second kappa shape index (κ2) is 8.39. The number of hydrogen-bond donors (Lipinski definition) is 2. The molecule has 5 rings (SSSR count). The Morgan fingerprint density at radius 1 is 1.19 bits per heavy atom. The van der Waals surface area contributed by atoms with Gasteiger partial charge in [0.25, 0.3) is 5.88 Å². The third-order valence-electron chi connectivity index (χ3n) is 5.30. The standard InChI is InChI=1S/C21H20ClF2N5O2/c22-17-16(30-9-11-1-2-11)4-3-14(18(17)24)28-20-19-15(26-10-27-20)7-13(23)21(29-19)31-12-5-6-25-8-12/h3-4,7,10-12,25H,1-2,5-6,8-9H2,(H,26,27,28)/t12-/m0/s1. The van der Waals surface area contributed by atoms with Crippen molar-refractivity contribution in [2.24, 2.45) is 5.92 Å². The lowest BCUT2D eigenvalue weighted by molar-refractivity contribution is 0.204. The summed E-state index contributed by atoms with van der Waals surface area (Å²) in [5, 5.41) is 5.92. The van der Waals surface area contributed by atoms with Crippen LogP contribution in [0, 0.1) is 17.6 Å². The molecule has 1 atom stereocenters. The molecular formula is C21H20ClF2N5O2. The van der Waals surface area contributed by atoms with E-state index >= 15 is 0 Å². The Kier molecular flexibility index (Phi) is 5.45. The van der Waals surface area contributed by atoms with Gasteiger partial charge in [-0.2, -0.15) is 0 Å². The van der Waals surface area contributed by atoms with E-state index in [9.17, 15) is 8.78 Å². The van der Waals surface area contributed by atoms with Crippen LogP contribution in [0.5, 0.6) is 11.6 Å². The van der Waals surface area contributed by atoms with Crippen molar-refractivity contribution in [2.45, 2.75) is 25.4 Å². The molecule has 0 bridgehead atoms. The number of pyridine rings is 1. The number of fused-ring (bicyclic) bond motifs is 1. The van der Waals surface area contributed by atoms with Crippen molar-refractivity contribution in [3.8, 4) is 11.6 Å². The van der Waals surface area contributed by atoms with Gasteiger partial charge in [-0.15, -0.1) is 0 Å². The third-order valence-corrected chi connectivity index (χ3v) is 5.65. The number of aromatic nitrogens is 3. The maximum Gasteiger partial charge on any atom is 0.251 e. The van der Waals surface area contributed by atoms with Crippen LogP contribution in [-0.2, 0) is 0 Å². The highest BCUT2D eigenvalue weighted by Crippen LogP contribution is 2.36. The van der Waals surface area contributed by atoms with E-state index in [2.05, 4.69) is 25.6 Å². The van der Waals surface area contributed by atoms with Gasteiger partial charge >= 0.3 is 0 Å². The predicted molar refractivity (Wildman–Crippen MR) is 112 cm³/mol. The topological polar surface area (TPSA) is 81.2 Å². The van der Waals surface area contributed by atoms with E-state index in [0.29, 0.717) is 24.8 Å². The summed E-state index contributed by atoms with van der Waals surface area (Å²) in [5.74, 6) is -0.396. The maximum absolute atomic E-state index is 14.9. The molecule has 7 nitrogen and oxygen atoms in total. The molecule has 3 heterocycles. The van der Waals surface area contributed by atoms with E-state index in [1.165, 1.54) is 18.5 Å². The summed E-state index contributed by atoms with van der Waals surface area (Å²) >= 11 is 6.16. The van der Waals surface area contributed by atoms with Gasteiger partial charge in [0.05, 0.1) is 17.8 Å². The van der Waals surface area contributed by atoms with Gasteiger partial charge in [-0.05, 0) is 43.9 Å². The maximum atomic E-state index is 14.9. The Balaban J connectivity index is 1.43. The smallest absolute Gasteiger partial charge is 0.251 e. The van der Waals surface area contributed by atoms with E-state index in [1.807, 2.05) is 0 Å². The van der Waals surface area contributed by atoms with Crippen LogP contribution in [0.15, 0.2) is 24.5 Å². The molecule has 10 heteroatoms. The van der Waals surface area contributed by atoms with Gasteiger partial charge < -0.3 is 20.1 Å². The van der Waals surface area contributed by atoms with E-state index in [0.717, 1.165) is 25.8 Å². The fraction of sp³-hybridized carbons (Fsp3) is 0.381. The fourth-order valence-corrected chi connectivity index (χ4v) is 3.58. The molecule has 2 aliphatic rings. The first-order valence-corrected chi connectivity index (χ1v) is 10.5. The number of hydrogen-bond acceptors (Lipinski definition) is 7. The van der Waals surface area contributed by atoms with E-state index < -0.39 is 11.6 Å². The molecule has 0 spiro atoms. The quantitative estimate of drug-likeness (QED) is 0.561. The highest BCUT2D eigenvalue weighted by atomic mass is 35.5. The Morgan fingerprint density at radius 2 is 2.06 bits per heavy atom. The molecule has 2 N–H and O–H groups in total. The normalized spacial score (nSPS) is 18.4. The van der Waals surface area contributed by atoms with Crippen LogP contribution in [0.3, 0.4) is 0 Å². The van der Waals surface area contributed by atoms with Gasteiger partial charge in [0.1, 0.15) is 28.7 Å². The van der Waals surface area contributed by atoms with Crippen LogP contribution in [0.1, 0.15) is 19.3 Å². The summed E-state index contributed by atoms with van der Waals surface area (Å²) in [6, 6.07) is 4.35. The Hall–Kier alpha value is -2.78. The molecule has 3 aromatic rings. The molecular weight excluding hydrogens is 428 g/mol. The molecule has 1 aliphatic carbocycles. The first kappa shape index (κ1) is 20.1. The summed E-state index contributed by atoms with van der Waals surface area (Å²) in [7, 11) is 0. The monoisotopic (exact) mass is 447 g/mol. The summed E-state index contributed by atoms with van der Waals surface area (Å²) in [4.78, 5) is 12.5. The van der Waals surface area contributed by atoms with Crippen LogP contribution in [-0.4, -0.2) is 40.8 Å². The molecule has 1 saturated carbocycles. The molecule has 1 aromatic carbocycles. The minimum atomic E-state index is -0.669. The lowest BCUT2D eigenvalue weighted by Crippen LogP contribution is -2.20. The number of benzene rings is 1. The van der Waals surface area contributed by atoms with Crippen molar-refractivity contribution in [1.29, 1.82) is 0 Å². The van der Waals surface area contributed by atoms with Crippen molar-refractivity contribution in [3.05, 3.63) is 41.2 Å². The Labute approximate surface area is 182 Å². The Bertz CT molecular complexity index is 1120. The van der Waals surface area contributed by atoms with Crippen molar-refractivity contribution in [1.82, 2.24) is 20.3 Å². The minimum Gasteiger partial charge on any atom is -0.492 e. The van der Waals surface area contributed by atoms with Gasteiger partial charge in [0.2, 0.25) is 0 Å². The lowest BCUT2D eigenvalue weighted by atomic mass is 10.2. The number of nitrogens with zero attached hydrogens (tertiary/aromatic N) is 3. The first-order chi connectivity index (χ1) is 15.1. The summed E-state index contributed by atoms with van der Waals surface area (Å²) in [6.07, 6.45) is 4.09. The van der Waals surface area contributed by atoms with Gasteiger partial charge in [-0.25, -0.2) is 23.7 Å². The lowest BCUT2D eigenvalue weighted by Gasteiger charge is -2.15. The summed E-state index contributed by atoms with van der Waals surface area (Å²) in [5.41, 5.74) is 0.620. The van der Waals surface area contributed by atoms with Crippen LogP contribution >= 0.6 is 11.6 Å². The third kappa shape index (κ3) is 4.33. The van der Waals surface area contributed by atoms with Crippen molar-refractivity contribution in [3.63, 3.8) is 0 Å². The van der Waals surface area contributed by atoms with Crippen molar-refractivity contribution >= 4 is 34.1 Å². The molecule has 31 heavy (non-hydrogen) atoms. The van der Waals surface area contributed by atoms with Crippen LogP contribution in [0.25, 0.3) is 11.0 Å². The fourth-order valence-electron chi connectivity index (χ4n) is 3.37. The molecule has 162 valence electrons. The Morgan fingerprint density at radius 3 is 2.84 bits per heavy atom. The molecule has 0 radical (unpaired) electrons. The largest absolute Gasteiger partial charge is 0.492 e. The summed E-state index contributed by atoms with van der Waals surface area (Å²) < 4.78 is 40.6. The highest BCUT2D eigenvalue weighted by molar-refractivity contribution is 6.32. The van der Waals surface area contributed by atoms with Crippen LogP contribution in [0.2, 0.25) is 5.02 Å². The average molecular weight is 448 g/mol. The number of ether oxygens (including phenoxy) is 2. The van der Waals surface area contributed by atoms with Gasteiger partial charge in [-0.3, -0.25) is 0 Å². The van der Waals surface area contributed by atoms with Gasteiger partial charge in [-0.1, -0.05) is 11.6 Å². The molecule has 0 unspecified atom stereocenters. The van der Waals surface area contributed by atoms with Crippen molar-refractivity contribution in [2.75, 3.05) is 25.0 Å². The number of halogens is 3. The SMILES string of the molecule is Fc1cc2ncnc(Nc3ccc(OCC4CC4)c(Cl)c3F)c2nc1O[C@H]1CCNC1. The van der Waals surface area contributed by atoms with Gasteiger partial charge in [0.15, 0.2) is 17.5 Å². The molecule has 2 aromatic heterocycles. The molecule has 1 aliphatic heterocycles. The summed E-state index contributed by atoms with van der Waals surface area (Å²) in [6.45, 7) is 1.95. The van der Waals surface area contributed by atoms with E-state index in [4.69, 9.17) is 21.1 Å².